The lowest BCUT2D eigenvalue weighted by Gasteiger charge is -2.30. The number of carbonyl (C=O) groups excluding carboxylic acids is 1. The number of rotatable bonds is 4. The molecule has 2 unspecified atom stereocenters. The predicted octanol–water partition coefficient (Wildman–Crippen LogP) is 0.975. The minimum atomic E-state index is -2.06. The average molecular weight is 260 g/mol. The van der Waals surface area contributed by atoms with E-state index in [1.165, 1.54) is 19.2 Å². The molecule has 2 rings (SSSR count). The van der Waals surface area contributed by atoms with Gasteiger partial charge in [-0.25, -0.2) is 9.00 Å². The first kappa shape index (κ1) is 12.3. The molecule has 1 aliphatic rings. The van der Waals surface area contributed by atoms with Crippen molar-refractivity contribution < 1.29 is 27.4 Å². The molecule has 1 aromatic rings. The van der Waals surface area contributed by atoms with Gasteiger partial charge in [0.05, 0.1) is 20.3 Å². The van der Waals surface area contributed by atoms with Crippen LogP contribution < -0.4 is 0 Å². The van der Waals surface area contributed by atoms with Crippen molar-refractivity contribution in [2.75, 3.05) is 20.3 Å². The van der Waals surface area contributed by atoms with Crippen LogP contribution >= 0.6 is 0 Å². The summed E-state index contributed by atoms with van der Waals surface area (Å²) in [5.41, 5.74) is 0. The Morgan fingerprint density at radius 1 is 1.59 bits per heavy atom. The summed E-state index contributed by atoms with van der Waals surface area (Å²) < 4.78 is 35.2. The van der Waals surface area contributed by atoms with Crippen molar-refractivity contribution in [1.29, 1.82) is 0 Å². The first-order valence-corrected chi connectivity index (χ1v) is 6.16. The first-order chi connectivity index (χ1) is 8.13. The van der Waals surface area contributed by atoms with Gasteiger partial charge in [-0.15, -0.1) is 0 Å². The lowest BCUT2D eigenvalue weighted by Crippen LogP contribution is -2.34. The van der Waals surface area contributed by atoms with Gasteiger partial charge in [-0.2, -0.15) is 0 Å². The molecule has 0 aliphatic carbocycles. The Kier molecular flexibility index (Phi) is 3.60. The molecule has 1 saturated heterocycles. The van der Waals surface area contributed by atoms with Gasteiger partial charge in [-0.1, -0.05) is 0 Å². The molecular weight excluding hydrogens is 248 g/mol. The molecule has 0 saturated carbocycles. The van der Waals surface area contributed by atoms with Gasteiger partial charge in [-0.3, -0.25) is 0 Å². The molecule has 0 spiro atoms. The van der Waals surface area contributed by atoms with E-state index in [1.807, 2.05) is 0 Å². The highest BCUT2D eigenvalue weighted by atomic mass is 32.2. The molecule has 1 fully saturated rings. The van der Waals surface area contributed by atoms with Gasteiger partial charge in [0.25, 0.3) is 0 Å². The SMILES string of the molecule is COC(=O)c1ccc(C(C2COC2)S(=O)O)o1. The van der Waals surface area contributed by atoms with Crippen LogP contribution in [0, 0.1) is 5.92 Å². The van der Waals surface area contributed by atoms with Crippen molar-refractivity contribution in [3.05, 3.63) is 23.7 Å². The molecule has 6 nitrogen and oxygen atoms in total. The summed E-state index contributed by atoms with van der Waals surface area (Å²) in [5, 5.41) is -0.665. The van der Waals surface area contributed by atoms with Gasteiger partial charge in [0.1, 0.15) is 11.0 Å². The number of esters is 1. The van der Waals surface area contributed by atoms with Gasteiger partial charge in [0.2, 0.25) is 5.76 Å². The summed E-state index contributed by atoms with van der Waals surface area (Å²) in [4.78, 5) is 11.2. The largest absolute Gasteiger partial charge is 0.463 e. The van der Waals surface area contributed by atoms with Gasteiger partial charge in [0.15, 0.2) is 11.1 Å². The van der Waals surface area contributed by atoms with Crippen molar-refractivity contribution in [2.45, 2.75) is 5.25 Å². The Morgan fingerprint density at radius 3 is 2.76 bits per heavy atom. The summed E-state index contributed by atoms with van der Waals surface area (Å²) in [6.07, 6.45) is 0. The van der Waals surface area contributed by atoms with E-state index in [4.69, 9.17) is 9.15 Å². The molecule has 0 amide bonds. The van der Waals surface area contributed by atoms with E-state index in [0.717, 1.165) is 0 Å². The molecule has 0 bridgehead atoms. The Labute approximate surface area is 100 Å². The molecular formula is C10H12O6S. The van der Waals surface area contributed by atoms with Gasteiger partial charge in [-0.05, 0) is 12.1 Å². The molecule has 1 aromatic heterocycles. The van der Waals surface area contributed by atoms with Crippen molar-refractivity contribution in [3.8, 4) is 0 Å². The normalized spacial score (nSPS) is 19.4. The Hall–Kier alpha value is -1.18. The highest BCUT2D eigenvalue weighted by molar-refractivity contribution is 7.79. The minimum Gasteiger partial charge on any atom is -0.463 e. The highest BCUT2D eigenvalue weighted by Crippen LogP contribution is 2.33. The summed E-state index contributed by atoms with van der Waals surface area (Å²) in [6, 6.07) is 2.95. The smallest absolute Gasteiger partial charge is 0.373 e. The maximum Gasteiger partial charge on any atom is 0.373 e. The van der Waals surface area contributed by atoms with Crippen LogP contribution in [-0.2, 0) is 20.6 Å². The van der Waals surface area contributed by atoms with Crippen LogP contribution in [0.25, 0.3) is 0 Å². The maximum absolute atomic E-state index is 11.3. The molecule has 94 valence electrons. The standard InChI is InChI=1S/C10H12O6S/c1-14-10(11)8-3-2-7(16-8)9(17(12)13)6-4-15-5-6/h2-3,6,9H,4-5H2,1H3,(H,12,13). The quantitative estimate of drug-likeness (QED) is 0.641. The third-order valence-corrected chi connectivity index (χ3v) is 3.65. The van der Waals surface area contributed by atoms with E-state index in [-0.39, 0.29) is 11.7 Å². The lowest BCUT2D eigenvalue weighted by atomic mass is 10.0. The Bertz CT molecular complexity index is 436. The molecule has 1 aliphatic heterocycles. The van der Waals surface area contributed by atoms with E-state index in [9.17, 15) is 13.6 Å². The Morgan fingerprint density at radius 2 is 2.29 bits per heavy atom. The predicted molar refractivity (Wildman–Crippen MR) is 57.9 cm³/mol. The van der Waals surface area contributed by atoms with Crippen LogP contribution in [0.15, 0.2) is 16.5 Å². The summed E-state index contributed by atoms with van der Waals surface area (Å²) in [7, 11) is 1.24. The van der Waals surface area contributed by atoms with Crippen LogP contribution in [0.3, 0.4) is 0 Å². The number of carbonyl (C=O) groups is 1. The second-order valence-corrected chi connectivity index (χ2v) is 4.75. The van der Waals surface area contributed by atoms with E-state index >= 15 is 0 Å². The van der Waals surface area contributed by atoms with Crippen molar-refractivity contribution in [2.24, 2.45) is 5.92 Å². The second-order valence-electron chi connectivity index (χ2n) is 3.69. The summed E-state index contributed by atoms with van der Waals surface area (Å²) in [6.45, 7) is 0.844. The number of ether oxygens (including phenoxy) is 2. The first-order valence-electron chi connectivity index (χ1n) is 4.99. The summed E-state index contributed by atoms with van der Waals surface area (Å²) >= 11 is -2.06. The van der Waals surface area contributed by atoms with Gasteiger partial charge in [0, 0.05) is 5.92 Å². The highest BCUT2D eigenvalue weighted by Gasteiger charge is 2.36. The average Bonchev–Trinajstić information content (AvgIpc) is 2.70. The fourth-order valence-electron chi connectivity index (χ4n) is 1.64. The van der Waals surface area contributed by atoms with Crippen molar-refractivity contribution >= 4 is 17.0 Å². The molecule has 17 heavy (non-hydrogen) atoms. The molecule has 2 heterocycles. The van der Waals surface area contributed by atoms with Crippen molar-refractivity contribution in [1.82, 2.24) is 0 Å². The fraction of sp³-hybridized carbons (Fsp3) is 0.500. The van der Waals surface area contributed by atoms with E-state index in [2.05, 4.69) is 4.74 Å². The fourth-order valence-corrected chi connectivity index (χ4v) is 2.45. The maximum atomic E-state index is 11.3. The second kappa shape index (κ2) is 4.99. The number of hydrogen-bond acceptors (Lipinski definition) is 5. The molecule has 1 N–H and O–H groups in total. The van der Waals surface area contributed by atoms with Gasteiger partial charge < -0.3 is 18.4 Å². The van der Waals surface area contributed by atoms with E-state index in [0.29, 0.717) is 19.0 Å². The number of methoxy groups -OCH3 is 1. The minimum absolute atomic E-state index is 0.0261. The number of furan rings is 1. The lowest BCUT2D eigenvalue weighted by molar-refractivity contribution is -0.0363. The molecule has 2 atom stereocenters. The van der Waals surface area contributed by atoms with Crippen molar-refractivity contribution in [3.63, 3.8) is 0 Å². The van der Waals surface area contributed by atoms with Crippen LogP contribution in [0.1, 0.15) is 21.6 Å². The van der Waals surface area contributed by atoms with E-state index < -0.39 is 22.3 Å². The monoisotopic (exact) mass is 260 g/mol. The Balaban J connectivity index is 2.21. The van der Waals surface area contributed by atoms with Crippen LogP contribution in [-0.4, -0.2) is 35.1 Å². The molecule has 0 radical (unpaired) electrons. The van der Waals surface area contributed by atoms with Crippen LogP contribution in [0.5, 0.6) is 0 Å². The molecule has 7 heteroatoms. The van der Waals surface area contributed by atoms with Gasteiger partial charge >= 0.3 is 5.97 Å². The number of hydrogen-bond donors (Lipinski definition) is 1. The third kappa shape index (κ3) is 2.41. The zero-order valence-corrected chi connectivity index (χ0v) is 9.94. The van der Waals surface area contributed by atoms with Crippen LogP contribution in [0.2, 0.25) is 0 Å². The van der Waals surface area contributed by atoms with E-state index in [1.54, 1.807) is 0 Å². The zero-order chi connectivity index (χ0) is 12.4. The topological polar surface area (TPSA) is 86.0 Å². The summed E-state index contributed by atoms with van der Waals surface area (Å²) in [5.74, 6) is -0.334. The van der Waals surface area contributed by atoms with Crippen LogP contribution in [0.4, 0.5) is 0 Å². The molecule has 0 aromatic carbocycles. The zero-order valence-electron chi connectivity index (χ0n) is 9.12. The third-order valence-electron chi connectivity index (χ3n) is 2.60.